The fourth-order valence-electron chi connectivity index (χ4n) is 10.4. The zero-order valence-electron chi connectivity index (χ0n) is 66.8. The largest absolute Gasteiger partial charge is 0.507 e. The van der Waals surface area contributed by atoms with Crippen LogP contribution in [0.4, 0.5) is 0 Å². The fourth-order valence-corrected chi connectivity index (χ4v) is 14.6. The molecule has 103 heavy (non-hydrogen) atoms. The molecule has 4 rings (SSSR count). The number of unbranched alkanes of at least 4 members (excludes halogenated alkanes) is 2. The number of ether oxygens (including phenoxy) is 4. The van der Waals surface area contributed by atoms with E-state index in [4.69, 9.17) is 42.1 Å². The van der Waals surface area contributed by atoms with Gasteiger partial charge in [0.2, 0.25) is 0 Å². The predicted molar refractivity (Wildman–Crippen MR) is 425 cm³/mol. The summed E-state index contributed by atoms with van der Waals surface area (Å²) in [6, 6.07) is 21.0. The minimum absolute atomic E-state index is 0. The summed E-state index contributed by atoms with van der Waals surface area (Å²) in [4.78, 5) is 53.6. The second kappa shape index (κ2) is 42.7. The number of phenolic OH excluding ortho intramolecular Hbond substituents is 2. The number of sulfone groups is 2. The Morgan fingerprint density at radius 2 is 0.767 bits per heavy atom. The number of aryl methyl sites for hydroxylation is 4. The van der Waals surface area contributed by atoms with Gasteiger partial charge in [0, 0.05) is 31.8 Å². The molecule has 3 atom stereocenters. The van der Waals surface area contributed by atoms with Crippen molar-refractivity contribution in [3.05, 3.63) is 129 Å². The number of benzene rings is 4. The number of hydrogen-bond acceptors (Lipinski definition) is 17. The van der Waals surface area contributed by atoms with Crippen LogP contribution in [0.2, 0.25) is 0 Å². The second-order valence-corrected chi connectivity index (χ2v) is 38.2. The lowest BCUT2D eigenvalue weighted by molar-refractivity contribution is -0.156. The molecule has 4 aromatic rings. The molecule has 0 spiro atoms. The SMILES string of the molecule is C.C=C(C)C(=O)OCCCc1cc(C(C)(C)C)c(O)c(C(C)(C)C)c1.CCCCOC(=O)C(C)(CC(C)(Cl)C(=O)OCCCc1cc(C(C)(C)C)c(O)c(C(C)(C)C)c1)CS(=O)(=O)c1ccc(C)cc1.CCCCOC(=O)C(C)(Cl)CS(=O)(=O)c1ccc(C)cc1.CN(C)CCN(C)CCN(C)C. The van der Waals surface area contributed by atoms with Gasteiger partial charge < -0.3 is 43.9 Å². The van der Waals surface area contributed by atoms with Gasteiger partial charge in [-0.1, -0.05) is 183 Å². The van der Waals surface area contributed by atoms with Crippen molar-refractivity contribution in [3.63, 3.8) is 0 Å². The van der Waals surface area contributed by atoms with E-state index in [2.05, 4.69) is 152 Å². The van der Waals surface area contributed by atoms with Crippen molar-refractivity contribution in [2.75, 3.05) is 99.4 Å². The molecular formula is C82H133Cl2N3O14S2. The molecule has 0 fully saturated rings. The van der Waals surface area contributed by atoms with Gasteiger partial charge in [0.05, 0.1) is 53.1 Å². The van der Waals surface area contributed by atoms with E-state index in [1.54, 1.807) is 31.2 Å². The van der Waals surface area contributed by atoms with Crippen molar-refractivity contribution >= 4 is 66.8 Å². The Morgan fingerprint density at radius 3 is 1.08 bits per heavy atom. The van der Waals surface area contributed by atoms with E-state index in [0.29, 0.717) is 42.9 Å². The molecule has 0 aromatic heterocycles. The van der Waals surface area contributed by atoms with E-state index in [9.17, 15) is 46.2 Å². The van der Waals surface area contributed by atoms with Crippen LogP contribution >= 0.6 is 23.2 Å². The van der Waals surface area contributed by atoms with E-state index in [0.717, 1.165) is 103 Å². The normalized spacial score (nSPS) is 13.8. The van der Waals surface area contributed by atoms with Gasteiger partial charge in [-0.15, -0.1) is 23.2 Å². The van der Waals surface area contributed by atoms with E-state index in [1.165, 1.54) is 45.0 Å². The number of aromatic hydroxyl groups is 2. The summed E-state index contributed by atoms with van der Waals surface area (Å²) in [6.45, 7) is 47.6. The van der Waals surface area contributed by atoms with Gasteiger partial charge in [0.1, 0.15) is 16.4 Å². The lowest BCUT2D eigenvalue weighted by Crippen LogP contribution is -2.45. The minimum Gasteiger partial charge on any atom is -0.507 e. The molecule has 17 nitrogen and oxygen atoms in total. The van der Waals surface area contributed by atoms with Gasteiger partial charge in [-0.3, -0.25) is 14.4 Å². The molecule has 0 aliphatic carbocycles. The first kappa shape index (κ1) is 97.5. The lowest BCUT2D eigenvalue weighted by atomic mass is 9.78. The summed E-state index contributed by atoms with van der Waals surface area (Å²) < 4.78 is 72.6. The molecule has 0 aliphatic heterocycles. The standard InChI is InChI=1S/C36H53ClO7S.C21H32O3.C15H21ClO4S.C9H23N3.CH4/c1-11-12-19-43-31(39)35(9,24-45(41,42)27-17-15-25(2)16-18-27)23-36(10,37)32(40)44-20-13-14-26-21-28(33(3,4)5)30(38)29(22-26)34(6,7)8;1-14(2)19(23)24-11-9-10-15-12-16(20(3,4)5)18(22)17(13-15)21(6,7)8;1-4-5-10-20-14(17)15(3,16)11-21(18,19)13-8-6-12(2)7-9-13;1-10(2)6-8-12(5)9-7-11(3)4;/h15-18,21-22,38H,11-14,19-20,23-24H2,1-10H3;12-13,22H,1,9-11H2,2-8H3;6-9H,4-5,10-11H2,1-3H3;6-9H2,1-5H3;1H4. The highest BCUT2D eigenvalue weighted by atomic mass is 35.5. The van der Waals surface area contributed by atoms with Gasteiger partial charge >= 0.3 is 23.9 Å². The first-order valence-corrected chi connectivity index (χ1v) is 39.7. The molecule has 0 bridgehead atoms. The van der Waals surface area contributed by atoms with Crippen molar-refractivity contribution in [2.45, 2.75) is 245 Å². The Morgan fingerprint density at radius 1 is 0.466 bits per heavy atom. The molecule has 0 saturated carbocycles. The molecular weight excluding hydrogens is 1390 g/mol. The predicted octanol–water partition coefficient (Wildman–Crippen LogP) is 16.8. The Bertz CT molecular complexity index is 3460. The average Bonchev–Trinajstić information content (AvgIpc) is 0.800. The summed E-state index contributed by atoms with van der Waals surface area (Å²) in [5, 5.41) is 21.7. The number of esters is 4. The highest BCUT2D eigenvalue weighted by Crippen LogP contribution is 2.43. The van der Waals surface area contributed by atoms with Crippen LogP contribution in [-0.4, -0.2) is 175 Å². The van der Waals surface area contributed by atoms with Crippen LogP contribution in [0.3, 0.4) is 0 Å². The molecule has 0 saturated heterocycles. The van der Waals surface area contributed by atoms with E-state index < -0.39 is 64.3 Å². The van der Waals surface area contributed by atoms with Crippen LogP contribution in [0.1, 0.15) is 222 Å². The molecule has 3 unspecified atom stereocenters. The van der Waals surface area contributed by atoms with Crippen LogP contribution in [0, 0.1) is 19.3 Å². The quantitative estimate of drug-likeness (QED) is 0.0152. The van der Waals surface area contributed by atoms with E-state index in [-0.39, 0.29) is 71.1 Å². The van der Waals surface area contributed by atoms with Crippen molar-refractivity contribution in [1.29, 1.82) is 0 Å². The molecule has 0 radical (unpaired) electrons. The van der Waals surface area contributed by atoms with Gasteiger partial charge in [-0.2, -0.15) is 0 Å². The number of likely N-dealkylation sites (N-methyl/N-ethyl adjacent to an activating group) is 3. The molecule has 0 aliphatic rings. The smallest absolute Gasteiger partial charge is 0.333 e. The third-order valence-corrected chi connectivity index (χ3v) is 21.4. The summed E-state index contributed by atoms with van der Waals surface area (Å²) in [6.07, 6.45) is 5.40. The third-order valence-electron chi connectivity index (χ3n) is 16.7. The number of halogens is 2. The monoisotopic (exact) mass is 1520 g/mol. The first-order valence-electron chi connectivity index (χ1n) is 35.6. The van der Waals surface area contributed by atoms with E-state index in [1.807, 2.05) is 39.8 Å². The summed E-state index contributed by atoms with van der Waals surface area (Å²) >= 11 is 12.8. The minimum atomic E-state index is -3.92. The van der Waals surface area contributed by atoms with Crippen LogP contribution in [0.5, 0.6) is 11.5 Å². The van der Waals surface area contributed by atoms with E-state index >= 15 is 0 Å². The Hall–Kier alpha value is -5.54. The van der Waals surface area contributed by atoms with Crippen LogP contribution < -0.4 is 0 Å². The number of carbonyl (C=O) groups excluding carboxylic acids is 4. The van der Waals surface area contributed by atoms with Gasteiger partial charge in [0.25, 0.3) is 0 Å². The number of carbonyl (C=O) groups is 4. The molecule has 21 heteroatoms. The summed E-state index contributed by atoms with van der Waals surface area (Å²) in [5.74, 6) is -2.86. The maximum Gasteiger partial charge on any atom is 0.333 e. The maximum absolute atomic E-state index is 13.4. The number of nitrogens with zero attached hydrogens (tertiary/aromatic N) is 3. The highest BCUT2D eigenvalue weighted by Gasteiger charge is 2.48. The average molecular weight is 1520 g/mol. The molecule has 0 amide bonds. The van der Waals surface area contributed by atoms with Crippen molar-refractivity contribution < 1.29 is 65.2 Å². The third kappa shape index (κ3) is 35.2. The maximum atomic E-state index is 13.4. The highest BCUT2D eigenvalue weighted by molar-refractivity contribution is 7.91. The Balaban J connectivity index is 0.00000150. The zero-order valence-corrected chi connectivity index (χ0v) is 69.9. The molecule has 2 N–H and O–H groups in total. The Kier molecular flexibility index (Phi) is 40.4. The zero-order chi connectivity index (χ0) is 78.8. The second-order valence-electron chi connectivity index (χ2n) is 32.5. The van der Waals surface area contributed by atoms with Crippen LogP contribution in [0.15, 0.2) is 94.7 Å². The van der Waals surface area contributed by atoms with Crippen LogP contribution in [0.25, 0.3) is 0 Å². The molecule has 0 heterocycles. The molecule has 586 valence electrons. The number of alkyl halides is 2. The number of phenols is 2. The van der Waals surface area contributed by atoms with Crippen molar-refractivity contribution in [1.82, 2.24) is 14.7 Å². The Labute approximate surface area is 633 Å². The fraction of sp³-hybridized carbons (Fsp3) is 0.634. The van der Waals surface area contributed by atoms with Crippen LogP contribution in [-0.2, 0) is 92.3 Å². The van der Waals surface area contributed by atoms with Gasteiger partial charge in [0.15, 0.2) is 24.5 Å². The topological polar surface area (TPSA) is 224 Å². The lowest BCUT2D eigenvalue weighted by Gasteiger charge is -2.33. The van der Waals surface area contributed by atoms with Gasteiger partial charge in [-0.25, -0.2) is 21.6 Å². The number of hydrogen-bond donors (Lipinski definition) is 2. The van der Waals surface area contributed by atoms with Crippen molar-refractivity contribution in [2.24, 2.45) is 5.41 Å². The van der Waals surface area contributed by atoms with Gasteiger partial charge in [-0.05, 0) is 201 Å². The summed E-state index contributed by atoms with van der Waals surface area (Å²) in [7, 11) is 3.05. The van der Waals surface area contributed by atoms with Crippen molar-refractivity contribution in [3.8, 4) is 11.5 Å². The summed E-state index contributed by atoms with van der Waals surface area (Å²) in [5.41, 5.74) is 5.73. The number of rotatable bonds is 32. The molecule has 4 aromatic carbocycles. The first-order chi connectivity index (χ1) is 46.6.